The molecule has 0 spiro atoms. The van der Waals surface area contributed by atoms with E-state index in [0.717, 1.165) is 5.56 Å². The van der Waals surface area contributed by atoms with Crippen molar-refractivity contribution in [2.24, 2.45) is 0 Å². The third-order valence-corrected chi connectivity index (χ3v) is 5.82. The molecule has 2 aliphatic rings. The molecular formula is C23H24Cl2O7. The van der Waals surface area contributed by atoms with Crippen LogP contribution in [0.4, 0.5) is 0 Å². The van der Waals surface area contributed by atoms with Gasteiger partial charge >= 0.3 is 5.97 Å². The first-order valence-electron chi connectivity index (χ1n) is 10.1. The lowest BCUT2D eigenvalue weighted by atomic mass is 10.0. The highest BCUT2D eigenvalue weighted by atomic mass is 35.5. The van der Waals surface area contributed by atoms with Crippen LogP contribution in [0.15, 0.2) is 42.5 Å². The van der Waals surface area contributed by atoms with Crippen LogP contribution in [-0.4, -0.2) is 50.1 Å². The average molecular weight is 483 g/mol. The summed E-state index contributed by atoms with van der Waals surface area (Å²) in [6.07, 6.45) is -2.79. The molecule has 0 radical (unpaired) electrons. The zero-order valence-corrected chi connectivity index (χ0v) is 19.4. The highest BCUT2D eigenvalue weighted by Gasteiger charge is 2.53. The summed E-state index contributed by atoms with van der Waals surface area (Å²) in [5.41, 5.74) is 0.968. The van der Waals surface area contributed by atoms with Gasteiger partial charge in [0, 0.05) is 0 Å². The highest BCUT2D eigenvalue weighted by molar-refractivity contribution is 6.37. The Labute approximate surface area is 196 Å². The van der Waals surface area contributed by atoms with Gasteiger partial charge in [-0.3, -0.25) is 0 Å². The van der Waals surface area contributed by atoms with Gasteiger partial charge in [-0.05, 0) is 31.5 Å². The summed E-state index contributed by atoms with van der Waals surface area (Å²) in [4.78, 5) is 13.2. The van der Waals surface area contributed by atoms with Gasteiger partial charge in [0.1, 0.15) is 17.8 Å². The third kappa shape index (κ3) is 4.88. The number of rotatable bonds is 6. The number of halogens is 2. The van der Waals surface area contributed by atoms with Gasteiger partial charge in [-0.25, -0.2) is 4.79 Å². The second-order valence-electron chi connectivity index (χ2n) is 7.94. The molecular weight excluding hydrogens is 459 g/mol. The summed E-state index contributed by atoms with van der Waals surface area (Å²) in [6.45, 7) is 4.09. The number of hydrogen-bond acceptors (Lipinski definition) is 7. The van der Waals surface area contributed by atoms with Gasteiger partial charge in [0.05, 0.1) is 30.4 Å². The number of fused-ring (bicyclic) bond motifs is 1. The number of hydrogen-bond donors (Lipinski definition) is 0. The lowest BCUT2D eigenvalue weighted by molar-refractivity contribution is -0.255. The molecule has 2 aromatic carbocycles. The SMILES string of the molecule is COc1c(Cl)ccc(Cl)c1C(=O)OC1C(OCc2ccccc2)OCC2OC(C)(C)OC21. The molecule has 2 heterocycles. The molecule has 0 saturated carbocycles. The van der Waals surface area contributed by atoms with Crippen molar-refractivity contribution in [1.29, 1.82) is 0 Å². The van der Waals surface area contributed by atoms with Crippen LogP contribution in [0, 0.1) is 0 Å². The number of carbonyl (C=O) groups is 1. The van der Waals surface area contributed by atoms with E-state index in [2.05, 4.69) is 0 Å². The van der Waals surface area contributed by atoms with Crippen molar-refractivity contribution in [3.63, 3.8) is 0 Å². The summed E-state index contributed by atoms with van der Waals surface area (Å²) >= 11 is 12.4. The molecule has 2 aliphatic heterocycles. The maximum absolute atomic E-state index is 13.2. The normalized spacial score (nSPS) is 26.4. The molecule has 9 heteroatoms. The van der Waals surface area contributed by atoms with Crippen LogP contribution in [-0.2, 0) is 30.3 Å². The largest absolute Gasteiger partial charge is 0.494 e. The molecule has 4 atom stereocenters. The Balaban J connectivity index is 1.59. The van der Waals surface area contributed by atoms with Gasteiger partial charge in [-0.15, -0.1) is 0 Å². The van der Waals surface area contributed by atoms with Gasteiger partial charge < -0.3 is 28.4 Å². The van der Waals surface area contributed by atoms with E-state index >= 15 is 0 Å². The average Bonchev–Trinajstić information content (AvgIpc) is 3.09. The Hall–Kier alpha value is -1.87. The van der Waals surface area contributed by atoms with Crippen molar-refractivity contribution >= 4 is 29.2 Å². The molecule has 2 aromatic rings. The zero-order valence-electron chi connectivity index (χ0n) is 17.9. The van der Waals surface area contributed by atoms with Crippen LogP contribution in [0.2, 0.25) is 10.0 Å². The van der Waals surface area contributed by atoms with E-state index < -0.39 is 36.4 Å². The Morgan fingerprint density at radius 1 is 1.09 bits per heavy atom. The van der Waals surface area contributed by atoms with Crippen molar-refractivity contribution in [3.05, 3.63) is 63.6 Å². The maximum Gasteiger partial charge on any atom is 0.344 e. The minimum absolute atomic E-state index is 0.0174. The first kappa shape index (κ1) is 23.3. The number of ether oxygens (including phenoxy) is 6. The van der Waals surface area contributed by atoms with E-state index in [1.165, 1.54) is 13.2 Å². The molecule has 0 amide bonds. The quantitative estimate of drug-likeness (QED) is 0.556. The van der Waals surface area contributed by atoms with Crippen molar-refractivity contribution in [2.45, 2.75) is 50.8 Å². The molecule has 2 fully saturated rings. The molecule has 2 saturated heterocycles. The van der Waals surface area contributed by atoms with Gasteiger partial charge in [-0.1, -0.05) is 53.5 Å². The maximum atomic E-state index is 13.2. The topological polar surface area (TPSA) is 72.5 Å². The molecule has 0 bridgehead atoms. The lowest BCUT2D eigenvalue weighted by Crippen LogP contribution is -2.54. The fourth-order valence-electron chi connectivity index (χ4n) is 3.83. The van der Waals surface area contributed by atoms with Crippen molar-refractivity contribution in [2.75, 3.05) is 13.7 Å². The predicted molar refractivity (Wildman–Crippen MR) is 117 cm³/mol. The van der Waals surface area contributed by atoms with Crippen LogP contribution in [0.1, 0.15) is 29.8 Å². The Bertz CT molecular complexity index is 966. The highest BCUT2D eigenvalue weighted by Crippen LogP contribution is 2.39. The van der Waals surface area contributed by atoms with Crippen LogP contribution in [0.5, 0.6) is 5.75 Å². The number of methoxy groups -OCH3 is 1. The van der Waals surface area contributed by atoms with Crippen LogP contribution in [0.3, 0.4) is 0 Å². The number of benzene rings is 2. The Kier molecular flexibility index (Phi) is 6.95. The zero-order chi connectivity index (χ0) is 22.9. The molecule has 172 valence electrons. The van der Waals surface area contributed by atoms with Gasteiger partial charge in [0.2, 0.25) is 0 Å². The summed E-state index contributed by atoms with van der Waals surface area (Å²) < 4.78 is 34.9. The first-order chi connectivity index (χ1) is 15.3. The number of esters is 1. The summed E-state index contributed by atoms with van der Waals surface area (Å²) in [5, 5.41) is 0.385. The minimum atomic E-state index is -0.911. The summed E-state index contributed by atoms with van der Waals surface area (Å²) in [7, 11) is 1.40. The van der Waals surface area contributed by atoms with Gasteiger partial charge in [0.15, 0.2) is 23.9 Å². The Morgan fingerprint density at radius 3 is 2.53 bits per heavy atom. The fraction of sp³-hybridized carbons (Fsp3) is 0.435. The van der Waals surface area contributed by atoms with E-state index in [-0.39, 0.29) is 34.6 Å². The van der Waals surface area contributed by atoms with E-state index in [1.54, 1.807) is 19.9 Å². The second kappa shape index (κ2) is 9.55. The number of carbonyl (C=O) groups excluding carboxylic acids is 1. The third-order valence-electron chi connectivity index (χ3n) is 5.21. The van der Waals surface area contributed by atoms with Crippen LogP contribution < -0.4 is 4.74 Å². The van der Waals surface area contributed by atoms with E-state index in [4.69, 9.17) is 51.6 Å². The summed E-state index contributed by atoms with van der Waals surface area (Å²) in [5.74, 6) is -1.46. The molecule has 32 heavy (non-hydrogen) atoms. The van der Waals surface area contributed by atoms with E-state index in [1.807, 2.05) is 30.3 Å². The molecule has 4 rings (SSSR count). The molecule has 0 aromatic heterocycles. The van der Waals surface area contributed by atoms with Crippen LogP contribution >= 0.6 is 23.2 Å². The van der Waals surface area contributed by atoms with E-state index in [0.29, 0.717) is 0 Å². The smallest absolute Gasteiger partial charge is 0.344 e. The minimum Gasteiger partial charge on any atom is -0.494 e. The molecule has 0 aliphatic carbocycles. The predicted octanol–water partition coefficient (Wildman–Crippen LogP) is 4.62. The first-order valence-corrected chi connectivity index (χ1v) is 10.9. The summed E-state index contributed by atoms with van der Waals surface area (Å²) in [6, 6.07) is 12.7. The molecule has 7 nitrogen and oxygen atoms in total. The fourth-order valence-corrected chi connectivity index (χ4v) is 4.29. The lowest BCUT2D eigenvalue weighted by Gasteiger charge is -2.37. The molecule has 0 N–H and O–H groups in total. The van der Waals surface area contributed by atoms with Crippen molar-refractivity contribution in [1.82, 2.24) is 0 Å². The standard InChI is InChI=1S/C23H24Cl2O7/c1-23(2)31-16-12-29-22(28-11-13-7-5-4-6-8-13)20(19(16)32-23)30-21(26)17-14(24)9-10-15(25)18(17)27-3/h4-10,16,19-20,22H,11-12H2,1-3H3. The van der Waals surface area contributed by atoms with Crippen LogP contribution in [0.25, 0.3) is 0 Å². The van der Waals surface area contributed by atoms with Crippen molar-refractivity contribution in [3.8, 4) is 5.75 Å². The van der Waals surface area contributed by atoms with Gasteiger partial charge in [0.25, 0.3) is 0 Å². The van der Waals surface area contributed by atoms with E-state index in [9.17, 15) is 4.79 Å². The van der Waals surface area contributed by atoms with Gasteiger partial charge in [-0.2, -0.15) is 0 Å². The second-order valence-corrected chi connectivity index (χ2v) is 8.76. The molecule has 4 unspecified atom stereocenters. The van der Waals surface area contributed by atoms with Crippen molar-refractivity contribution < 1.29 is 33.2 Å². The monoisotopic (exact) mass is 482 g/mol. The Morgan fingerprint density at radius 2 is 1.81 bits per heavy atom.